The molecule has 140 valence electrons. The van der Waals surface area contributed by atoms with E-state index in [1.54, 1.807) is 12.3 Å². The van der Waals surface area contributed by atoms with Crippen LogP contribution in [0.2, 0.25) is 0 Å². The minimum atomic E-state index is -0.165. The first kappa shape index (κ1) is 19.7. The summed E-state index contributed by atoms with van der Waals surface area (Å²) in [6.45, 7) is 2.35. The summed E-state index contributed by atoms with van der Waals surface area (Å²) in [6, 6.07) is 9.83. The number of nitrogens with one attached hydrogen (secondary N) is 2. The van der Waals surface area contributed by atoms with E-state index in [4.69, 9.17) is 0 Å². The number of thiazole rings is 1. The lowest BCUT2D eigenvalue weighted by Gasteiger charge is -2.04. The van der Waals surface area contributed by atoms with E-state index in [2.05, 4.69) is 50.6 Å². The van der Waals surface area contributed by atoms with E-state index in [-0.39, 0.29) is 18.2 Å². The molecule has 0 aliphatic heterocycles. The molecule has 3 rings (SSSR count). The molecule has 0 spiro atoms. The van der Waals surface area contributed by atoms with Gasteiger partial charge in [-0.3, -0.25) is 9.59 Å². The van der Waals surface area contributed by atoms with Crippen molar-refractivity contribution in [1.82, 2.24) is 10.3 Å². The summed E-state index contributed by atoms with van der Waals surface area (Å²) in [4.78, 5) is 29.8. The van der Waals surface area contributed by atoms with Gasteiger partial charge in [-0.2, -0.15) is 0 Å². The lowest BCUT2D eigenvalue weighted by Crippen LogP contribution is -2.27. The number of nitrogens with zero attached hydrogens (tertiary/aromatic N) is 1. The van der Waals surface area contributed by atoms with Gasteiger partial charge < -0.3 is 10.6 Å². The molecule has 0 radical (unpaired) electrons. The third-order valence-electron chi connectivity index (χ3n) is 3.78. The van der Waals surface area contributed by atoms with Crippen molar-refractivity contribution >= 4 is 55.5 Å². The topological polar surface area (TPSA) is 71.1 Å². The Labute approximate surface area is 174 Å². The van der Waals surface area contributed by atoms with Crippen molar-refractivity contribution in [1.29, 1.82) is 0 Å². The number of aromatic nitrogens is 1. The van der Waals surface area contributed by atoms with Gasteiger partial charge in [-0.15, -0.1) is 22.7 Å². The number of carbonyl (C=O) groups is 2. The summed E-state index contributed by atoms with van der Waals surface area (Å²) in [5.41, 5.74) is 2.39. The first-order valence-corrected chi connectivity index (χ1v) is 10.8. The molecule has 1 aromatic carbocycles. The van der Waals surface area contributed by atoms with Crippen molar-refractivity contribution in [2.45, 2.75) is 19.8 Å². The average Bonchev–Trinajstić information content (AvgIpc) is 3.30. The fourth-order valence-corrected chi connectivity index (χ4v) is 4.18. The lowest BCUT2D eigenvalue weighted by molar-refractivity contribution is -0.116. The van der Waals surface area contributed by atoms with Gasteiger partial charge in [0.1, 0.15) is 0 Å². The molecule has 0 aliphatic rings. The maximum absolute atomic E-state index is 12.0. The summed E-state index contributed by atoms with van der Waals surface area (Å²) in [7, 11) is 0. The van der Waals surface area contributed by atoms with E-state index >= 15 is 0 Å². The van der Waals surface area contributed by atoms with Crippen molar-refractivity contribution in [2.75, 3.05) is 11.9 Å². The number of hydrogen-bond donors (Lipinski definition) is 2. The van der Waals surface area contributed by atoms with E-state index in [9.17, 15) is 9.59 Å². The standard InChI is InChI=1S/C19H18BrN3O2S2/c1-12-9-13(4-5-15(12)20)10-14-11-22-19(27-14)23-17(24)6-7-21-18(25)16-3-2-8-26-16/h2-5,8-9,11H,6-7,10H2,1H3,(H,21,25)(H,22,23,24). The van der Waals surface area contributed by atoms with Gasteiger partial charge >= 0.3 is 0 Å². The molecule has 5 nitrogen and oxygen atoms in total. The Morgan fingerprint density at radius 2 is 2.11 bits per heavy atom. The van der Waals surface area contributed by atoms with Gasteiger partial charge in [0.15, 0.2) is 5.13 Å². The van der Waals surface area contributed by atoms with Crippen LogP contribution >= 0.6 is 38.6 Å². The first-order valence-electron chi connectivity index (χ1n) is 8.32. The molecule has 2 aromatic heterocycles. The minimum Gasteiger partial charge on any atom is -0.351 e. The maximum atomic E-state index is 12.0. The van der Waals surface area contributed by atoms with Crippen LogP contribution in [0.25, 0.3) is 0 Å². The van der Waals surface area contributed by atoms with Crippen LogP contribution in [0.15, 0.2) is 46.4 Å². The van der Waals surface area contributed by atoms with Gasteiger partial charge in [0.05, 0.1) is 4.88 Å². The summed E-state index contributed by atoms with van der Waals surface area (Å²) >= 11 is 6.34. The first-order chi connectivity index (χ1) is 13.0. The number of anilines is 1. The molecule has 0 bridgehead atoms. The van der Waals surface area contributed by atoms with Gasteiger partial charge in [0.25, 0.3) is 5.91 Å². The Bertz CT molecular complexity index is 938. The molecule has 3 aromatic rings. The van der Waals surface area contributed by atoms with Crippen LogP contribution in [0.5, 0.6) is 0 Å². The van der Waals surface area contributed by atoms with Crippen LogP contribution in [-0.4, -0.2) is 23.3 Å². The summed E-state index contributed by atoms with van der Waals surface area (Å²) in [5.74, 6) is -0.319. The lowest BCUT2D eigenvalue weighted by atomic mass is 10.1. The minimum absolute atomic E-state index is 0.154. The van der Waals surface area contributed by atoms with Crippen LogP contribution in [0.3, 0.4) is 0 Å². The molecule has 0 unspecified atom stereocenters. The SMILES string of the molecule is Cc1cc(Cc2cnc(NC(=O)CCNC(=O)c3cccs3)s2)ccc1Br. The molecule has 27 heavy (non-hydrogen) atoms. The average molecular weight is 464 g/mol. The highest BCUT2D eigenvalue weighted by Gasteiger charge is 2.10. The molecule has 0 atom stereocenters. The number of thiophene rings is 1. The second-order valence-electron chi connectivity index (χ2n) is 5.92. The van der Waals surface area contributed by atoms with Gasteiger partial charge in [-0.25, -0.2) is 4.98 Å². The molecule has 2 heterocycles. The Morgan fingerprint density at radius 3 is 2.85 bits per heavy atom. The van der Waals surface area contributed by atoms with Crippen molar-refractivity contribution in [3.05, 3.63) is 67.3 Å². The second-order valence-corrected chi connectivity index (χ2v) is 8.84. The highest BCUT2D eigenvalue weighted by atomic mass is 79.9. The molecule has 0 saturated carbocycles. The predicted molar refractivity (Wildman–Crippen MR) is 114 cm³/mol. The molecular formula is C19H18BrN3O2S2. The zero-order chi connectivity index (χ0) is 19.2. The summed E-state index contributed by atoms with van der Waals surface area (Å²) in [5, 5.41) is 7.95. The van der Waals surface area contributed by atoms with E-state index < -0.39 is 0 Å². The Kier molecular flexibility index (Phi) is 6.76. The number of amides is 2. The van der Waals surface area contributed by atoms with Gasteiger partial charge in [0.2, 0.25) is 5.91 Å². The number of rotatable bonds is 7. The van der Waals surface area contributed by atoms with E-state index in [0.29, 0.717) is 16.6 Å². The van der Waals surface area contributed by atoms with Crippen LogP contribution in [0.1, 0.15) is 32.1 Å². The van der Waals surface area contributed by atoms with Crippen LogP contribution in [0, 0.1) is 6.92 Å². The quantitative estimate of drug-likeness (QED) is 0.536. The molecule has 2 N–H and O–H groups in total. The van der Waals surface area contributed by atoms with E-state index in [0.717, 1.165) is 15.8 Å². The smallest absolute Gasteiger partial charge is 0.261 e. The maximum Gasteiger partial charge on any atom is 0.261 e. The molecule has 0 fully saturated rings. The number of benzene rings is 1. The predicted octanol–water partition coefficient (Wildman–Crippen LogP) is 4.62. The normalized spacial score (nSPS) is 10.6. The van der Waals surface area contributed by atoms with Crippen molar-refractivity contribution in [3.8, 4) is 0 Å². The largest absolute Gasteiger partial charge is 0.351 e. The van der Waals surface area contributed by atoms with E-state index in [1.165, 1.54) is 33.8 Å². The number of halogens is 1. The number of aryl methyl sites for hydroxylation is 1. The summed E-state index contributed by atoms with van der Waals surface area (Å²) < 4.78 is 1.09. The highest BCUT2D eigenvalue weighted by Crippen LogP contribution is 2.23. The van der Waals surface area contributed by atoms with Gasteiger partial charge in [-0.1, -0.05) is 34.1 Å². The zero-order valence-electron chi connectivity index (χ0n) is 14.6. The monoisotopic (exact) mass is 463 g/mol. The number of carbonyl (C=O) groups excluding carboxylic acids is 2. The van der Waals surface area contributed by atoms with Crippen LogP contribution in [-0.2, 0) is 11.2 Å². The van der Waals surface area contributed by atoms with Crippen LogP contribution in [0.4, 0.5) is 5.13 Å². The van der Waals surface area contributed by atoms with Crippen molar-refractivity contribution < 1.29 is 9.59 Å². The Hall–Kier alpha value is -2.03. The van der Waals surface area contributed by atoms with Gasteiger partial charge in [-0.05, 0) is 35.6 Å². The van der Waals surface area contributed by atoms with Gasteiger partial charge in [0, 0.05) is 34.9 Å². The fraction of sp³-hybridized carbons (Fsp3) is 0.211. The fourth-order valence-electron chi connectivity index (χ4n) is 2.43. The Balaban J connectivity index is 1.46. The Morgan fingerprint density at radius 1 is 1.26 bits per heavy atom. The van der Waals surface area contributed by atoms with E-state index in [1.807, 2.05) is 17.5 Å². The molecule has 0 saturated heterocycles. The van der Waals surface area contributed by atoms with Crippen molar-refractivity contribution in [3.63, 3.8) is 0 Å². The molecule has 8 heteroatoms. The number of hydrogen-bond acceptors (Lipinski definition) is 5. The summed E-state index contributed by atoms with van der Waals surface area (Å²) in [6.07, 6.45) is 2.77. The molecule has 2 amide bonds. The third kappa shape index (κ3) is 5.72. The second kappa shape index (κ2) is 9.25. The zero-order valence-corrected chi connectivity index (χ0v) is 17.8. The van der Waals surface area contributed by atoms with Crippen molar-refractivity contribution in [2.24, 2.45) is 0 Å². The molecule has 0 aliphatic carbocycles. The third-order valence-corrected chi connectivity index (χ3v) is 6.45. The highest BCUT2D eigenvalue weighted by molar-refractivity contribution is 9.10. The van der Waals surface area contributed by atoms with Crippen LogP contribution < -0.4 is 10.6 Å². The molecular weight excluding hydrogens is 446 g/mol.